The van der Waals surface area contributed by atoms with E-state index in [1.807, 2.05) is 20.8 Å². The van der Waals surface area contributed by atoms with Crippen LogP contribution in [-0.2, 0) is 4.74 Å². The third-order valence-corrected chi connectivity index (χ3v) is 5.61. The van der Waals surface area contributed by atoms with Gasteiger partial charge in [-0.1, -0.05) is 25.7 Å². The maximum atomic E-state index is 12.6. The minimum atomic E-state index is -0.396. The topological polar surface area (TPSA) is 32.6 Å². The first kappa shape index (κ1) is 17.1. The molecule has 132 valence electrons. The number of carbonyl (C=O) groups is 1. The molecule has 3 aliphatic rings. The van der Waals surface area contributed by atoms with Crippen molar-refractivity contribution in [2.24, 2.45) is 5.92 Å². The fourth-order valence-corrected chi connectivity index (χ4v) is 4.49. The molecule has 2 atom stereocenters. The van der Waals surface area contributed by atoms with Crippen LogP contribution in [0.4, 0.5) is 4.79 Å². The number of rotatable bonds is 3. The van der Waals surface area contributed by atoms with Crippen molar-refractivity contribution < 1.29 is 9.53 Å². The Balaban J connectivity index is 1.62. The number of nitrogens with zero attached hydrogens (tertiary/aromatic N) is 2. The molecule has 1 aliphatic carbocycles. The first-order valence-corrected chi connectivity index (χ1v) is 9.69. The summed E-state index contributed by atoms with van der Waals surface area (Å²) in [4.78, 5) is 17.2. The van der Waals surface area contributed by atoms with Gasteiger partial charge in [-0.05, 0) is 65.5 Å². The molecule has 1 saturated carbocycles. The molecule has 0 aromatic rings. The van der Waals surface area contributed by atoms with Crippen molar-refractivity contribution in [3.05, 3.63) is 0 Å². The standard InChI is InChI=1S/C19H34N2O2/c1-19(2,3)23-18(22)21-16(14-20-12-8-5-9-13-20)17(21)15-10-6-4-7-11-15/h15-17H,4-14H2,1-3H3/t16-,17-,21?/m1/s1. The molecule has 4 heteroatoms. The minimum Gasteiger partial charge on any atom is -0.444 e. The molecule has 0 radical (unpaired) electrons. The van der Waals surface area contributed by atoms with Crippen LogP contribution in [0.2, 0.25) is 0 Å². The van der Waals surface area contributed by atoms with Crippen molar-refractivity contribution in [1.82, 2.24) is 9.80 Å². The van der Waals surface area contributed by atoms with Gasteiger partial charge in [0.05, 0.1) is 12.1 Å². The summed E-state index contributed by atoms with van der Waals surface area (Å²) in [5.41, 5.74) is -0.396. The maximum Gasteiger partial charge on any atom is 0.410 e. The van der Waals surface area contributed by atoms with Crippen LogP contribution < -0.4 is 0 Å². The number of piperidine rings is 1. The fraction of sp³-hybridized carbons (Fsp3) is 0.947. The number of ether oxygens (including phenoxy) is 1. The van der Waals surface area contributed by atoms with E-state index in [1.165, 1.54) is 64.5 Å². The van der Waals surface area contributed by atoms with Crippen molar-refractivity contribution in [3.8, 4) is 0 Å². The summed E-state index contributed by atoms with van der Waals surface area (Å²) in [6.45, 7) is 9.35. The lowest BCUT2D eigenvalue weighted by molar-refractivity contribution is 0.0373. The van der Waals surface area contributed by atoms with Crippen LogP contribution >= 0.6 is 0 Å². The molecule has 4 nitrogen and oxygen atoms in total. The van der Waals surface area contributed by atoms with Gasteiger partial charge < -0.3 is 9.64 Å². The highest BCUT2D eigenvalue weighted by Gasteiger charge is 2.56. The Kier molecular flexibility index (Phi) is 5.19. The van der Waals surface area contributed by atoms with E-state index in [2.05, 4.69) is 9.80 Å². The van der Waals surface area contributed by atoms with E-state index >= 15 is 0 Å². The van der Waals surface area contributed by atoms with Crippen molar-refractivity contribution in [2.45, 2.75) is 89.8 Å². The largest absolute Gasteiger partial charge is 0.444 e. The predicted molar refractivity (Wildman–Crippen MR) is 92.5 cm³/mol. The Morgan fingerprint density at radius 3 is 2.22 bits per heavy atom. The predicted octanol–water partition coefficient (Wildman–Crippen LogP) is 4.04. The molecule has 2 saturated heterocycles. The molecule has 2 aliphatic heterocycles. The number of hydrogen-bond donors (Lipinski definition) is 0. The third-order valence-electron chi connectivity index (χ3n) is 5.61. The summed E-state index contributed by atoms with van der Waals surface area (Å²) in [5.74, 6) is 0.700. The number of amides is 1. The van der Waals surface area contributed by atoms with Crippen molar-refractivity contribution in [1.29, 1.82) is 0 Å². The average molecular weight is 322 g/mol. The van der Waals surface area contributed by atoms with Gasteiger partial charge in [0.1, 0.15) is 5.60 Å². The molecule has 0 aromatic heterocycles. The molecule has 0 aromatic carbocycles. The van der Waals surface area contributed by atoms with Gasteiger partial charge in [0.2, 0.25) is 0 Å². The zero-order chi connectivity index (χ0) is 16.4. The highest BCUT2D eigenvalue weighted by molar-refractivity contribution is 5.72. The second-order valence-corrected chi connectivity index (χ2v) is 8.70. The second kappa shape index (κ2) is 7.00. The number of hydrogen-bond acceptors (Lipinski definition) is 3. The summed E-state index contributed by atoms with van der Waals surface area (Å²) >= 11 is 0. The van der Waals surface area contributed by atoms with Crippen LogP contribution in [0.1, 0.15) is 72.1 Å². The molecule has 23 heavy (non-hydrogen) atoms. The van der Waals surface area contributed by atoms with E-state index in [0.717, 1.165) is 6.54 Å². The van der Waals surface area contributed by atoms with Crippen LogP contribution in [0, 0.1) is 5.92 Å². The van der Waals surface area contributed by atoms with Crippen LogP contribution in [0.5, 0.6) is 0 Å². The van der Waals surface area contributed by atoms with Crippen molar-refractivity contribution in [2.75, 3.05) is 19.6 Å². The number of carbonyl (C=O) groups excluding carboxylic acids is 1. The Bertz CT molecular complexity index is 406. The molecular formula is C19H34N2O2. The van der Waals surface area contributed by atoms with Crippen molar-refractivity contribution >= 4 is 6.09 Å². The van der Waals surface area contributed by atoms with Gasteiger partial charge in [-0.15, -0.1) is 0 Å². The summed E-state index contributed by atoms with van der Waals surface area (Å²) < 4.78 is 5.67. The van der Waals surface area contributed by atoms with Crippen LogP contribution in [0.3, 0.4) is 0 Å². The first-order chi connectivity index (χ1) is 11.0. The van der Waals surface area contributed by atoms with Crippen LogP contribution in [0.25, 0.3) is 0 Å². The molecule has 0 unspecified atom stereocenters. The number of likely N-dealkylation sites (tertiary alicyclic amines) is 1. The molecule has 3 rings (SSSR count). The Morgan fingerprint density at radius 1 is 1.00 bits per heavy atom. The van der Waals surface area contributed by atoms with E-state index in [0.29, 0.717) is 18.0 Å². The highest BCUT2D eigenvalue weighted by Crippen LogP contribution is 2.42. The molecular weight excluding hydrogens is 288 g/mol. The zero-order valence-electron chi connectivity index (χ0n) is 15.2. The van der Waals surface area contributed by atoms with Gasteiger partial charge in [0.25, 0.3) is 0 Å². The maximum absolute atomic E-state index is 12.6. The van der Waals surface area contributed by atoms with Crippen LogP contribution in [-0.4, -0.2) is 53.2 Å². The smallest absolute Gasteiger partial charge is 0.410 e. The quantitative estimate of drug-likeness (QED) is 0.735. The Labute approximate surface area is 141 Å². The normalized spacial score (nSPS) is 30.3. The van der Waals surface area contributed by atoms with Crippen LogP contribution in [0.15, 0.2) is 0 Å². The fourth-order valence-electron chi connectivity index (χ4n) is 4.49. The van der Waals surface area contributed by atoms with E-state index < -0.39 is 5.60 Å². The van der Waals surface area contributed by atoms with Gasteiger partial charge in [-0.25, -0.2) is 4.79 Å². The van der Waals surface area contributed by atoms with Crippen molar-refractivity contribution in [3.63, 3.8) is 0 Å². The summed E-state index contributed by atoms with van der Waals surface area (Å²) in [6, 6.07) is 0.832. The molecule has 0 spiro atoms. The summed E-state index contributed by atoms with van der Waals surface area (Å²) in [6.07, 6.45) is 10.5. The molecule has 0 bridgehead atoms. The third kappa shape index (κ3) is 4.40. The van der Waals surface area contributed by atoms with E-state index in [4.69, 9.17) is 4.74 Å². The molecule has 3 fully saturated rings. The van der Waals surface area contributed by atoms with Gasteiger partial charge >= 0.3 is 6.09 Å². The monoisotopic (exact) mass is 322 g/mol. The lowest BCUT2D eigenvalue weighted by Gasteiger charge is -2.26. The molecule has 1 amide bonds. The van der Waals surface area contributed by atoms with Gasteiger partial charge in [-0.3, -0.25) is 4.90 Å². The first-order valence-electron chi connectivity index (χ1n) is 9.69. The van der Waals surface area contributed by atoms with E-state index in [9.17, 15) is 4.79 Å². The lowest BCUT2D eigenvalue weighted by atomic mass is 9.85. The Hall–Kier alpha value is -0.770. The lowest BCUT2D eigenvalue weighted by Crippen LogP contribution is -2.35. The zero-order valence-corrected chi connectivity index (χ0v) is 15.2. The summed E-state index contributed by atoms with van der Waals surface area (Å²) in [7, 11) is 0. The van der Waals surface area contributed by atoms with E-state index in [-0.39, 0.29) is 6.09 Å². The molecule has 2 heterocycles. The highest BCUT2D eigenvalue weighted by atomic mass is 16.6. The average Bonchev–Trinajstić information content (AvgIpc) is 3.21. The van der Waals surface area contributed by atoms with Gasteiger partial charge in [-0.2, -0.15) is 0 Å². The second-order valence-electron chi connectivity index (χ2n) is 8.70. The SMILES string of the molecule is CC(C)(C)OC(=O)N1[C@H](CN2CCCCC2)[C@H]1C1CCCCC1. The van der Waals surface area contributed by atoms with Gasteiger partial charge in [0.15, 0.2) is 0 Å². The minimum absolute atomic E-state index is 0.0879. The van der Waals surface area contributed by atoms with E-state index in [1.54, 1.807) is 0 Å². The summed E-state index contributed by atoms with van der Waals surface area (Å²) in [5, 5.41) is 0. The Morgan fingerprint density at radius 2 is 1.61 bits per heavy atom. The molecule has 0 N–H and O–H groups in total. The van der Waals surface area contributed by atoms with Gasteiger partial charge in [0, 0.05) is 6.54 Å².